The standard InChI is InChI=1S/C19H19ClN6O2/c1-28-16-7-6-12(21)8-15(16)25-19-24-10-14(20)18(26-19)23-9-11-4-2-3-5-13(11)17(22)27/h2-8,10H,9,21H2,1H3,(H2,22,27)(H2,23,24,25,26). The van der Waals surface area contributed by atoms with Gasteiger partial charge in [-0.2, -0.15) is 4.98 Å². The van der Waals surface area contributed by atoms with Crippen molar-refractivity contribution in [2.24, 2.45) is 5.73 Å². The van der Waals surface area contributed by atoms with Crippen LogP contribution in [0.2, 0.25) is 5.02 Å². The number of rotatable bonds is 7. The van der Waals surface area contributed by atoms with Crippen molar-refractivity contribution >= 4 is 40.6 Å². The highest BCUT2D eigenvalue weighted by Crippen LogP contribution is 2.29. The molecule has 0 aliphatic carbocycles. The normalized spacial score (nSPS) is 10.4. The van der Waals surface area contributed by atoms with E-state index < -0.39 is 5.91 Å². The molecule has 0 unspecified atom stereocenters. The fourth-order valence-electron chi connectivity index (χ4n) is 2.59. The van der Waals surface area contributed by atoms with Gasteiger partial charge in [0.2, 0.25) is 11.9 Å². The van der Waals surface area contributed by atoms with Gasteiger partial charge < -0.3 is 26.8 Å². The Morgan fingerprint density at radius 3 is 2.79 bits per heavy atom. The maximum atomic E-state index is 11.6. The molecule has 28 heavy (non-hydrogen) atoms. The molecule has 0 aliphatic heterocycles. The molecule has 0 spiro atoms. The number of hydrogen-bond acceptors (Lipinski definition) is 7. The number of anilines is 4. The van der Waals surface area contributed by atoms with Crippen LogP contribution in [-0.2, 0) is 6.54 Å². The Kier molecular flexibility index (Phi) is 5.81. The Morgan fingerprint density at radius 1 is 1.25 bits per heavy atom. The van der Waals surface area contributed by atoms with Gasteiger partial charge in [-0.25, -0.2) is 4.98 Å². The monoisotopic (exact) mass is 398 g/mol. The second-order valence-electron chi connectivity index (χ2n) is 5.85. The first-order chi connectivity index (χ1) is 13.5. The molecular formula is C19H19ClN6O2. The van der Waals surface area contributed by atoms with E-state index in [1.807, 2.05) is 6.07 Å². The second kappa shape index (κ2) is 8.45. The summed E-state index contributed by atoms with van der Waals surface area (Å²) in [7, 11) is 1.56. The maximum absolute atomic E-state index is 11.6. The van der Waals surface area contributed by atoms with Crippen LogP contribution in [0, 0.1) is 0 Å². The summed E-state index contributed by atoms with van der Waals surface area (Å²) in [6.45, 7) is 0.316. The summed E-state index contributed by atoms with van der Waals surface area (Å²) in [6, 6.07) is 12.2. The zero-order chi connectivity index (χ0) is 20.1. The first-order valence-electron chi connectivity index (χ1n) is 8.32. The van der Waals surface area contributed by atoms with Crippen LogP contribution in [0.15, 0.2) is 48.7 Å². The summed E-state index contributed by atoms with van der Waals surface area (Å²) < 4.78 is 5.31. The summed E-state index contributed by atoms with van der Waals surface area (Å²) in [5.74, 6) is 0.806. The number of aromatic nitrogens is 2. The molecule has 0 saturated heterocycles. The van der Waals surface area contributed by atoms with Crippen LogP contribution >= 0.6 is 11.6 Å². The van der Waals surface area contributed by atoms with Gasteiger partial charge >= 0.3 is 0 Å². The van der Waals surface area contributed by atoms with E-state index >= 15 is 0 Å². The van der Waals surface area contributed by atoms with Crippen LogP contribution in [0.4, 0.5) is 23.1 Å². The van der Waals surface area contributed by atoms with E-state index in [-0.39, 0.29) is 0 Å². The SMILES string of the molecule is COc1ccc(N)cc1Nc1ncc(Cl)c(NCc2ccccc2C(N)=O)n1. The Hall–Kier alpha value is -3.52. The van der Waals surface area contributed by atoms with Crippen molar-refractivity contribution in [2.45, 2.75) is 6.54 Å². The first kappa shape index (κ1) is 19.2. The number of nitrogens with two attached hydrogens (primary N) is 2. The number of carbonyl (C=O) groups excluding carboxylic acids is 1. The summed E-state index contributed by atoms with van der Waals surface area (Å²) in [5.41, 5.74) is 13.6. The molecule has 8 nitrogen and oxygen atoms in total. The average molecular weight is 399 g/mol. The molecule has 1 amide bonds. The second-order valence-corrected chi connectivity index (χ2v) is 6.26. The smallest absolute Gasteiger partial charge is 0.249 e. The molecule has 0 aliphatic rings. The third kappa shape index (κ3) is 4.41. The van der Waals surface area contributed by atoms with Gasteiger partial charge in [0.15, 0.2) is 5.82 Å². The number of nitrogens with zero attached hydrogens (tertiary/aromatic N) is 2. The first-order valence-corrected chi connectivity index (χ1v) is 8.70. The van der Waals surface area contributed by atoms with E-state index in [1.54, 1.807) is 43.5 Å². The van der Waals surface area contributed by atoms with Gasteiger partial charge in [-0.1, -0.05) is 29.8 Å². The van der Waals surface area contributed by atoms with E-state index in [9.17, 15) is 4.79 Å². The fraction of sp³-hybridized carbons (Fsp3) is 0.105. The molecule has 0 atom stereocenters. The number of primary amides is 1. The summed E-state index contributed by atoms with van der Waals surface area (Å²) in [5, 5.41) is 6.50. The Bertz CT molecular complexity index is 1010. The van der Waals surface area contributed by atoms with Crippen LogP contribution in [0.25, 0.3) is 0 Å². The molecule has 6 N–H and O–H groups in total. The lowest BCUT2D eigenvalue weighted by Crippen LogP contribution is -2.15. The van der Waals surface area contributed by atoms with E-state index in [2.05, 4.69) is 20.6 Å². The number of nitrogens with one attached hydrogen (secondary N) is 2. The molecule has 3 rings (SSSR count). The number of ether oxygens (including phenoxy) is 1. The van der Waals surface area contributed by atoms with Gasteiger partial charge in [0.1, 0.15) is 10.8 Å². The van der Waals surface area contributed by atoms with Crippen molar-refractivity contribution in [1.82, 2.24) is 9.97 Å². The highest BCUT2D eigenvalue weighted by Gasteiger charge is 2.11. The fourth-order valence-corrected chi connectivity index (χ4v) is 2.75. The lowest BCUT2D eigenvalue weighted by molar-refractivity contribution is 0.0999. The van der Waals surface area contributed by atoms with Crippen molar-refractivity contribution < 1.29 is 9.53 Å². The zero-order valence-electron chi connectivity index (χ0n) is 15.1. The molecule has 0 radical (unpaired) electrons. The predicted molar refractivity (Wildman–Crippen MR) is 110 cm³/mol. The Labute approximate surface area is 166 Å². The molecule has 9 heteroatoms. The molecule has 0 fully saturated rings. The molecule has 0 saturated carbocycles. The van der Waals surface area contributed by atoms with Crippen molar-refractivity contribution in [3.05, 3.63) is 64.8 Å². The maximum Gasteiger partial charge on any atom is 0.249 e. The van der Waals surface area contributed by atoms with Gasteiger partial charge in [-0.05, 0) is 29.8 Å². The third-order valence-electron chi connectivity index (χ3n) is 3.94. The number of nitrogen functional groups attached to an aromatic ring is 1. The molecular weight excluding hydrogens is 380 g/mol. The molecule has 1 aromatic heterocycles. The van der Waals surface area contributed by atoms with Gasteiger partial charge in [0.25, 0.3) is 0 Å². The molecule has 2 aromatic carbocycles. The number of hydrogen-bond donors (Lipinski definition) is 4. The van der Waals surface area contributed by atoms with Crippen molar-refractivity contribution in [1.29, 1.82) is 0 Å². The van der Waals surface area contributed by atoms with Crippen LogP contribution < -0.4 is 26.8 Å². The number of halogens is 1. The van der Waals surface area contributed by atoms with Crippen LogP contribution in [0.3, 0.4) is 0 Å². The predicted octanol–water partition coefficient (Wildman–Crippen LogP) is 3.18. The van der Waals surface area contributed by atoms with Gasteiger partial charge in [0.05, 0.1) is 19.0 Å². The van der Waals surface area contributed by atoms with Crippen molar-refractivity contribution in [3.63, 3.8) is 0 Å². The van der Waals surface area contributed by atoms with Crippen molar-refractivity contribution in [2.75, 3.05) is 23.5 Å². The largest absolute Gasteiger partial charge is 0.495 e. The highest BCUT2D eigenvalue weighted by molar-refractivity contribution is 6.32. The zero-order valence-corrected chi connectivity index (χ0v) is 15.8. The van der Waals surface area contributed by atoms with E-state index in [0.717, 1.165) is 5.56 Å². The highest BCUT2D eigenvalue weighted by atomic mass is 35.5. The molecule has 0 bridgehead atoms. The van der Waals surface area contributed by atoms with Gasteiger partial charge in [0, 0.05) is 17.8 Å². The summed E-state index contributed by atoms with van der Waals surface area (Å²) in [4.78, 5) is 20.1. The minimum atomic E-state index is -0.498. The summed E-state index contributed by atoms with van der Waals surface area (Å²) in [6.07, 6.45) is 1.47. The van der Waals surface area contributed by atoms with Crippen LogP contribution in [-0.4, -0.2) is 23.0 Å². The Balaban J connectivity index is 1.81. The Morgan fingerprint density at radius 2 is 2.04 bits per heavy atom. The van der Waals surface area contributed by atoms with E-state index in [4.69, 9.17) is 27.8 Å². The van der Waals surface area contributed by atoms with E-state index in [0.29, 0.717) is 46.0 Å². The number of methoxy groups -OCH3 is 1. The molecule has 3 aromatic rings. The number of benzene rings is 2. The van der Waals surface area contributed by atoms with E-state index in [1.165, 1.54) is 6.20 Å². The third-order valence-corrected chi connectivity index (χ3v) is 4.22. The van der Waals surface area contributed by atoms with Crippen molar-refractivity contribution in [3.8, 4) is 5.75 Å². The van der Waals surface area contributed by atoms with Crippen LogP contribution in [0.5, 0.6) is 5.75 Å². The average Bonchev–Trinajstić information content (AvgIpc) is 2.68. The van der Waals surface area contributed by atoms with Gasteiger partial charge in [-0.3, -0.25) is 4.79 Å². The quantitative estimate of drug-likeness (QED) is 0.450. The minimum Gasteiger partial charge on any atom is -0.495 e. The number of carbonyl (C=O) groups is 1. The number of amides is 1. The lowest BCUT2D eigenvalue weighted by Gasteiger charge is -2.13. The lowest BCUT2D eigenvalue weighted by atomic mass is 10.1. The summed E-state index contributed by atoms with van der Waals surface area (Å²) >= 11 is 6.20. The molecule has 144 valence electrons. The van der Waals surface area contributed by atoms with Gasteiger partial charge in [-0.15, -0.1) is 0 Å². The topological polar surface area (TPSA) is 128 Å². The van der Waals surface area contributed by atoms with Crippen LogP contribution in [0.1, 0.15) is 15.9 Å². The molecule has 1 heterocycles. The minimum absolute atomic E-state index is 0.305.